The summed E-state index contributed by atoms with van der Waals surface area (Å²) >= 11 is 5.85. The number of aryl methyl sites for hydroxylation is 2. The molecule has 0 fully saturated rings. The molecule has 0 saturated carbocycles. The van der Waals surface area contributed by atoms with E-state index >= 15 is 0 Å². The highest BCUT2D eigenvalue weighted by atomic mass is 35.5. The summed E-state index contributed by atoms with van der Waals surface area (Å²) in [5.74, 6) is -1.18. The number of carbonyl (C=O) groups is 1. The number of carbonyl (C=O) groups excluding carboxylic acids is 1. The van der Waals surface area contributed by atoms with Crippen molar-refractivity contribution in [3.8, 4) is 0 Å². The van der Waals surface area contributed by atoms with E-state index in [-0.39, 0.29) is 10.6 Å². The Labute approximate surface area is 116 Å². The maximum Gasteiger partial charge on any atom is 0.260 e. The third kappa shape index (κ3) is 3.12. The minimum Gasteiger partial charge on any atom is -0.322 e. The molecule has 0 atom stereocenters. The second kappa shape index (κ2) is 5.41. The first-order valence-corrected chi connectivity index (χ1v) is 6.19. The Morgan fingerprint density at radius 3 is 2.37 bits per heavy atom. The number of hydrogen-bond acceptors (Lipinski definition) is 1. The van der Waals surface area contributed by atoms with E-state index in [0.717, 1.165) is 11.1 Å². The van der Waals surface area contributed by atoms with Gasteiger partial charge in [0.15, 0.2) is 0 Å². The number of halogens is 2. The molecule has 2 rings (SSSR count). The minimum atomic E-state index is -0.630. The predicted molar refractivity (Wildman–Crippen MR) is 75.3 cm³/mol. The molecule has 98 valence electrons. The normalized spacial score (nSPS) is 10.3. The van der Waals surface area contributed by atoms with Crippen LogP contribution in [0.2, 0.25) is 5.02 Å². The summed E-state index contributed by atoms with van der Waals surface area (Å²) < 4.78 is 13.6. The van der Waals surface area contributed by atoms with E-state index in [1.54, 1.807) is 0 Å². The van der Waals surface area contributed by atoms with Crippen molar-refractivity contribution in [2.45, 2.75) is 13.8 Å². The van der Waals surface area contributed by atoms with Gasteiger partial charge in [0, 0.05) is 5.69 Å². The van der Waals surface area contributed by atoms with Crippen molar-refractivity contribution >= 4 is 23.2 Å². The summed E-state index contributed by atoms with van der Waals surface area (Å²) in [7, 11) is 0. The number of benzene rings is 2. The summed E-state index contributed by atoms with van der Waals surface area (Å²) in [4.78, 5) is 12.0. The lowest BCUT2D eigenvalue weighted by molar-refractivity contribution is 0.102. The molecular formula is C15H13ClFNO. The second-order valence-corrected chi connectivity index (χ2v) is 4.83. The van der Waals surface area contributed by atoms with Crippen LogP contribution in [-0.4, -0.2) is 5.91 Å². The number of rotatable bonds is 2. The van der Waals surface area contributed by atoms with Gasteiger partial charge in [-0.15, -0.1) is 0 Å². The molecule has 0 aliphatic carbocycles. The average Bonchev–Trinajstić information content (AvgIpc) is 2.26. The highest BCUT2D eigenvalue weighted by Crippen LogP contribution is 2.21. The third-order valence-corrected chi connectivity index (χ3v) is 2.98. The first kappa shape index (κ1) is 13.6. The highest BCUT2D eigenvalue weighted by molar-refractivity contribution is 6.34. The zero-order chi connectivity index (χ0) is 14.0. The van der Waals surface area contributed by atoms with Gasteiger partial charge in [-0.05, 0) is 49.2 Å². The van der Waals surface area contributed by atoms with Crippen LogP contribution in [-0.2, 0) is 0 Å². The summed E-state index contributed by atoms with van der Waals surface area (Å²) in [6.07, 6.45) is 0. The van der Waals surface area contributed by atoms with Gasteiger partial charge in [-0.25, -0.2) is 4.39 Å². The fourth-order valence-electron chi connectivity index (χ4n) is 1.96. The van der Waals surface area contributed by atoms with Gasteiger partial charge in [0.05, 0.1) is 10.6 Å². The Morgan fingerprint density at radius 2 is 1.79 bits per heavy atom. The maximum atomic E-state index is 13.6. The standard InChI is InChI=1S/C15H13ClFNO/c1-9-6-10(2)8-11(7-9)18-15(19)14-12(16)4-3-5-13(14)17/h3-8H,1-2H3,(H,18,19). The largest absolute Gasteiger partial charge is 0.322 e. The number of nitrogens with one attached hydrogen (secondary N) is 1. The van der Waals surface area contributed by atoms with E-state index in [0.29, 0.717) is 5.69 Å². The SMILES string of the molecule is Cc1cc(C)cc(NC(=O)c2c(F)cccc2Cl)c1. The van der Waals surface area contributed by atoms with E-state index in [1.807, 2.05) is 32.0 Å². The van der Waals surface area contributed by atoms with Crippen LogP contribution in [0.4, 0.5) is 10.1 Å². The predicted octanol–water partition coefficient (Wildman–Crippen LogP) is 4.35. The average molecular weight is 278 g/mol. The van der Waals surface area contributed by atoms with E-state index in [1.165, 1.54) is 18.2 Å². The molecule has 1 N–H and O–H groups in total. The Balaban J connectivity index is 2.31. The first-order chi connectivity index (χ1) is 8.97. The van der Waals surface area contributed by atoms with Crippen molar-refractivity contribution in [1.29, 1.82) is 0 Å². The highest BCUT2D eigenvalue weighted by Gasteiger charge is 2.15. The van der Waals surface area contributed by atoms with E-state index in [4.69, 9.17) is 11.6 Å². The fraction of sp³-hybridized carbons (Fsp3) is 0.133. The third-order valence-electron chi connectivity index (χ3n) is 2.67. The smallest absolute Gasteiger partial charge is 0.260 e. The molecule has 4 heteroatoms. The maximum absolute atomic E-state index is 13.6. The van der Waals surface area contributed by atoms with Gasteiger partial charge in [0.1, 0.15) is 5.82 Å². The van der Waals surface area contributed by atoms with Crippen LogP contribution in [0.1, 0.15) is 21.5 Å². The summed E-state index contributed by atoms with van der Waals surface area (Å²) in [6, 6.07) is 9.79. The number of anilines is 1. The van der Waals surface area contributed by atoms with Crippen molar-refractivity contribution in [2.24, 2.45) is 0 Å². The van der Waals surface area contributed by atoms with Crippen LogP contribution in [0.5, 0.6) is 0 Å². The topological polar surface area (TPSA) is 29.1 Å². The molecule has 0 heterocycles. The molecule has 0 unspecified atom stereocenters. The van der Waals surface area contributed by atoms with Crippen molar-refractivity contribution in [3.05, 3.63) is 63.9 Å². The van der Waals surface area contributed by atoms with Gasteiger partial charge < -0.3 is 5.32 Å². The van der Waals surface area contributed by atoms with Crippen LogP contribution in [0.15, 0.2) is 36.4 Å². The van der Waals surface area contributed by atoms with Crippen LogP contribution in [0.25, 0.3) is 0 Å². The first-order valence-electron chi connectivity index (χ1n) is 5.81. The minimum absolute atomic E-state index is 0.0990. The molecule has 1 amide bonds. The Bertz CT molecular complexity index is 600. The molecule has 0 aromatic heterocycles. The van der Waals surface area contributed by atoms with E-state index < -0.39 is 11.7 Å². The Hall–Kier alpha value is -1.87. The lowest BCUT2D eigenvalue weighted by Crippen LogP contribution is -2.14. The molecule has 2 aromatic carbocycles. The molecule has 19 heavy (non-hydrogen) atoms. The van der Waals surface area contributed by atoms with Gasteiger partial charge in [-0.3, -0.25) is 4.79 Å². The molecule has 0 aliphatic rings. The van der Waals surface area contributed by atoms with Gasteiger partial charge in [0.2, 0.25) is 0 Å². The van der Waals surface area contributed by atoms with E-state index in [2.05, 4.69) is 5.32 Å². The zero-order valence-electron chi connectivity index (χ0n) is 10.6. The molecule has 0 saturated heterocycles. The molecule has 0 bridgehead atoms. The van der Waals surface area contributed by atoms with Gasteiger partial charge in [-0.2, -0.15) is 0 Å². The second-order valence-electron chi connectivity index (χ2n) is 4.43. The molecule has 0 aliphatic heterocycles. The monoisotopic (exact) mass is 277 g/mol. The number of amides is 1. The number of hydrogen-bond donors (Lipinski definition) is 1. The lowest BCUT2D eigenvalue weighted by atomic mass is 10.1. The Kier molecular flexibility index (Phi) is 3.86. The van der Waals surface area contributed by atoms with E-state index in [9.17, 15) is 9.18 Å². The lowest BCUT2D eigenvalue weighted by Gasteiger charge is -2.09. The zero-order valence-corrected chi connectivity index (χ0v) is 11.4. The molecule has 2 aromatic rings. The van der Waals surface area contributed by atoms with Crippen LogP contribution >= 0.6 is 11.6 Å². The van der Waals surface area contributed by atoms with Crippen molar-refractivity contribution < 1.29 is 9.18 Å². The van der Waals surface area contributed by atoms with Crippen LogP contribution in [0, 0.1) is 19.7 Å². The molecule has 2 nitrogen and oxygen atoms in total. The van der Waals surface area contributed by atoms with Crippen LogP contribution < -0.4 is 5.32 Å². The van der Waals surface area contributed by atoms with Gasteiger partial charge in [0.25, 0.3) is 5.91 Å². The van der Waals surface area contributed by atoms with Crippen molar-refractivity contribution in [1.82, 2.24) is 0 Å². The van der Waals surface area contributed by atoms with Crippen molar-refractivity contribution in [2.75, 3.05) is 5.32 Å². The van der Waals surface area contributed by atoms with Gasteiger partial charge >= 0.3 is 0 Å². The molecule has 0 radical (unpaired) electrons. The molecular weight excluding hydrogens is 265 g/mol. The van der Waals surface area contributed by atoms with Crippen molar-refractivity contribution in [3.63, 3.8) is 0 Å². The summed E-state index contributed by atoms with van der Waals surface area (Å²) in [6.45, 7) is 3.86. The fourth-order valence-corrected chi connectivity index (χ4v) is 2.20. The molecule has 0 spiro atoms. The van der Waals surface area contributed by atoms with Crippen LogP contribution in [0.3, 0.4) is 0 Å². The summed E-state index contributed by atoms with van der Waals surface area (Å²) in [5, 5.41) is 2.76. The van der Waals surface area contributed by atoms with Gasteiger partial charge in [-0.1, -0.05) is 23.7 Å². The Morgan fingerprint density at radius 1 is 1.16 bits per heavy atom. The summed E-state index contributed by atoms with van der Waals surface area (Å²) in [5.41, 5.74) is 2.54. The quantitative estimate of drug-likeness (QED) is 0.869.